The summed E-state index contributed by atoms with van der Waals surface area (Å²) in [5.41, 5.74) is -1.24. The van der Waals surface area contributed by atoms with E-state index in [1.54, 1.807) is 0 Å². The smallest absolute Gasteiger partial charge is 0.204 e. The first-order valence-electron chi connectivity index (χ1n) is 15.9. The summed E-state index contributed by atoms with van der Waals surface area (Å²) >= 11 is 0. The summed E-state index contributed by atoms with van der Waals surface area (Å²) in [6.07, 6.45) is 7.05. The van der Waals surface area contributed by atoms with Crippen LogP contribution in [0.15, 0.2) is 56.8 Å². The van der Waals surface area contributed by atoms with Crippen LogP contribution < -0.4 is 5.43 Å². The summed E-state index contributed by atoms with van der Waals surface area (Å²) in [7, 11) is 0. The molecule has 3 aliphatic carbocycles. The summed E-state index contributed by atoms with van der Waals surface area (Å²) in [5, 5.41) is 20.7. The molecule has 0 amide bonds. The van der Waals surface area contributed by atoms with E-state index in [1.165, 1.54) is 11.6 Å². The van der Waals surface area contributed by atoms with E-state index in [-0.39, 0.29) is 52.3 Å². The van der Waals surface area contributed by atoms with E-state index in [1.807, 2.05) is 26.8 Å². The van der Waals surface area contributed by atoms with Gasteiger partial charge in [-0.3, -0.25) is 14.4 Å². The Morgan fingerprint density at radius 3 is 2.14 bits per heavy atom. The average molecular weight is 601 g/mol. The number of benzene rings is 1. The van der Waals surface area contributed by atoms with Gasteiger partial charge in [0.25, 0.3) is 0 Å². The van der Waals surface area contributed by atoms with Gasteiger partial charge in [-0.1, -0.05) is 63.1 Å². The lowest BCUT2D eigenvalue weighted by Crippen LogP contribution is -2.70. The molecule has 6 heteroatoms. The number of phenolic OH excluding ortho intramolecular Hbond substituents is 2. The molecule has 0 saturated heterocycles. The van der Waals surface area contributed by atoms with Crippen molar-refractivity contribution >= 4 is 22.5 Å². The third kappa shape index (κ3) is 4.15. The van der Waals surface area contributed by atoms with Gasteiger partial charge in [0.15, 0.2) is 23.1 Å². The van der Waals surface area contributed by atoms with E-state index in [0.29, 0.717) is 19.3 Å². The Kier molecular flexibility index (Phi) is 7.50. The zero-order valence-corrected chi connectivity index (χ0v) is 27.8. The first kappa shape index (κ1) is 32.0. The Morgan fingerprint density at radius 1 is 0.955 bits per heavy atom. The number of carbonyl (C=O) groups excluding carboxylic acids is 2. The van der Waals surface area contributed by atoms with Crippen molar-refractivity contribution in [1.29, 1.82) is 0 Å². The highest BCUT2D eigenvalue weighted by atomic mass is 16.3. The van der Waals surface area contributed by atoms with Crippen LogP contribution in [0.2, 0.25) is 0 Å². The number of aromatic hydroxyl groups is 2. The van der Waals surface area contributed by atoms with Crippen molar-refractivity contribution in [3.05, 3.63) is 69.1 Å². The third-order valence-corrected chi connectivity index (χ3v) is 11.8. The number of fused-ring (bicyclic) bond motifs is 5. The average Bonchev–Trinajstić information content (AvgIpc) is 3.23. The highest BCUT2D eigenvalue weighted by molar-refractivity contribution is 6.23. The normalized spacial score (nSPS) is 30.2. The van der Waals surface area contributed by atoms with Crippen LogP contribution in [0.4, 0.5) is 0 Å². The molecule has 1 aromatic carbocycles. The highest BCUT2D eigenvalue weighted by Crippen LogP contribution is 2.70. The van der Waals surface area contributed by atoms with Gasteiger partial charge in [0.1, 0.15) is 16.9 Å². The van der Waals surface area contributed by atoms with E-state index in [9.17, 15) is 15.0 Å². The zero-order chi connectivity index (χ0) is 32.7. The van der Waals surface area contributed by atoms with Gasteiger partial charge in [-0.15, -0.1) is 0 Å². The summed E-state index contributed by atoms with van der Waals surface area (Å²) < 4.78 is 6.52. The molecule has 236 valence electrons. The number of Topliss-reactive ketones (excluding diaryl/α,β-unsaturated/α-hetero) is 2. The Morgan fingerprint density at radius 2 is 1.57 bits per heavy atom. The quantitative estimate of drug-likeness (QED) is 0.195. The van der Waals surface area contributed by atoms with Gasteiger partial charge in [-0.2, -0.15) is 0 Å². The maximum absolute atomic E-state index is 15.7. The minimum absolute atomic E-state index is 0.0109. The Labute approximate surface area is 260 Å². The first-order chi connectivity index (χ1) is 20.3. The van der Waals surface area contributed by atoms with Crippen molar-refractivity contribution in [2.45, 2.75) is 99.8 Å². The van der Waals surface area contributed by atoms with Crippen molar-refractivity contribution in [3.8, 4) is 11.5 Å². The van der Waals surface area contributed by atoms with Crippen LogP contribution in [0.1, 0.15) is 111 Å². The van der Waals surface area contributed by atoms with Gasteiger partial charge in [0, 0.05) is 6.07 Å². The minimum atomic E-state index is -1.42. The van der Waals surface area contributed by atoms with Gasteiger partial charge >= 0.3 is 0 Å². The number of hydrogen-bond donors (Lipinski definition) is 2. The number of phenols is 2. The summed E-state index contributed by atoms with van der Waals surface area (Å²) in [6, 6.07) is 2.36. The van der Waals surface area contributed by atoms with Gasteiger partial charge in [0.05, 0.1) is 16.2 Å². The molecule has 1 heterocycles. The molecule has 5 rings (SSSR count). The van der Waals surface area contributed by atoms with Gasteiger partial charge in [-0.05, 0) is 101 Å². The van der Waals surface area contributed by atoms with Crippen LogP contribution in [0.3, 0.4) is 0 Å². The van der Waals surface area contributed by atoms with Gasteiger partial charge in [0.2, 0.25) is 5.43 Å². The standard InChI is InChI=1S/C38H48O6/c1-20(2)11-12-23-19-37(29-14-13-25(22(5)6)35(29,7)8)32(42)30-31(41)24-17-26(39)27(40)18-28(24)44-33(30)38(34(37)43,36(23,9)10)16-15-21(3)4/h11,15,17-18,23,25,29,39-40H,5,12-14,16,19H2,1-4,6-10H3/t23-,25?,29?,37+,38+/m0/s1. The SMILES string of the molecule is C=C(C)C1CCC([C@@]23C[C@H](CC=C(C)C)C(C)(C)[C@@](CC=C(C)C)(C2=O)c2oc4cc(O)c(O)cc4c(=O)c2C3=O)C1(C)C. The molecule has 2 unspecified atom stereocenters. The van der Waals surface area contributed by atoms with Crippen molar-refractivity contribution in [2.75, 3.05) is 0 Å². The minimum Gasteiger partial charge on any atom is -0.504 e. The topological polar surface area (TPSA) is 105 Å². The molecular formula is C38H48O6. The maximum Gasteiger partial charge on any atom is 0.204 e. The highest BCUT2D eigenvalue weighted by Gasteiger charge is 2.75. The van der Waals surface area contributed by atoms with Crippen molar-refractivity contribution in [1.82, 2.24) is 0 Å². The van der Waals surface area contributed by atoms with E-state index >= 15 is 9.59 Å². The summed E-state index contributed by atoms with van der Waals surface area (Å²) in [6.45, 7) is 22.9. The predicted octanol–water partition coefficient (Wildman–Crippen LogP) is 8.58. The number of ketones is 2. The van der Waals surface area contributed by atoms with Crippen molar-refractivity contribution < 1.29 is 24.2 Å². The fourth-order valence-corrected chi connectivity index (χ4v) is 9.40. The van der Waals surface area contributed by atoms with E-state index in [2.05, 4.69) is 54.2 Å². The molecule has 2 aromatic rings. The molecule has 44 heavy (non-hydrogen) atoms. The van der Waals surface area contributed by atoms with Crippen molar-refractivity contribution in [3.63, 3.8) is 0 Å². The van der Waals surface area contributed by atoms with Crippen LogP contribution in [0.25, 0.3) is 11.0 Å². The van der Waals surface area contributed by atoms with Crippen LogP contribution in [0, 0.1) is 34.0 Å². The Hall–Kier alpha value is -3.41. The van der Waals surface area contributed by atoms with Gasteiger partial charge in [-0.25, -0.2) is 0 Å². The molecule has 5 atom stereocenters. The van der Waals surface area contributed by atoms with Crippen LogP contribution >= 0.6 is 0 Å². The maximum atomic E-state index is 15.7. The number of carbonyl (C=O) groups is 2. The molecule has 2 fully saturated rings. The summed E-state index contributed by atoms with van der Waals surface area (Å²) in [5.74, 6) is -1.64. The monoisotopic (exact) mass is 600 g/mol. The first-order valence-corrected chi connectivity index (χ1v) is 15.9. The molecule has 0 aliphatic heterocycles. The molecule has 2 N–H and O–H groups in total. The molecule has 6 nitrogen and oxygen atoms in total. The molecule has 2 saturated carbocycles. The lowest BCUT2D eigenvalue weighted by Gasteiger charge is -2.62. The molecule has 3 aliphatic rings. The number of hydrogen-bond acceptors (Lipinski definition) is 6. The largest absolute Gasteiger partial charge is 0.504 e. The third-order valence-electron chi connectivity index (χ3n) is 11.8. The predicted molar refractivity (Wildman–Crippen MR) is 174 cm³/mol. The second-order valence-corrected chi connectivity index (χ2v) is 15.5. The Balaban J connectivity index is 1.96. The fraction of sp³-hybridized carbons (Fsp3) is 0.553. The lowest BCUT2D eigenvalue weighted by atomic mass is 9.37. The van der Waals surface area contributed by atoms with E-state index < -0.39 is 44.4 Å². The number of rotatable bonds is 6. The molecule has 1 aromatic heterocycles. The van der Waals surface area contributed by atoms with Crippen molar-refractivity contribution in [2.24, 2.45) is 34.0 Å². The fourth-order valence-electron chi connectivity index (χ4n) is 9.40. The zero-order valence-electron chi connectivity index (χ0n) is 27.8. The van der Waals surface area contributed by atoms with Crippen LogP contribution in [0.5, 0.6) is 11.5 Å². The van der Waals surface area contributed by atoms with E-state index in [4.69, 9.17) is 4.42 Å². The second kappa shape index (κ2) is 10.3. The number of allylic oxidation sites excluding steroid dienone is 5. The second-order valence-electron chi connectivity index (χ2n) is 15.5. The molecule has 0 spiro atoms. The van der Waals surface area contributed by atoms with Gasteiger partial charge < -0.3 is 14.6 Å². The molecule has 2 bridgehead atoms. The molecular weight excluding hydrogens is 552 g/mol. The summed E-state index contributed by atoms with van der Waals surface area (Å²) in [4.78, 5) is 45.4. The molecule has 0 radical (unpaired) electrons. The van der Waals surface area contributed by atoms with Crippen LogP contribution in [-0.2, 0) is 10.2 Å². The Bertz CT molecular complexity index is 1710. The lowest BCUT2D eigenvalue weighted by molar-refractivity contribution is -0.159. The van der Waals surface area contributed by atoms with E-state index in [0.717, 1.165) is 23.6 Å². The van der Waals surface area contributed by atoms with Crippen LogP contribution in [-0.4, -0.2) is 21.8 Å².